The van der Waals surface area contributed by atoms with Gasteiger partial charge in [-0.3, -0.25) is 0 Å². The number of halogens is 3. The summed E-state index contributed by atoms with van der Waals surface area (Å²) in [6, 6.07) is 10.7. The number of alkyl halides is 3. The zero-order valence-electron chi connectivity index (χ0n) is 13.7. The largest absolute Gasteiger partial charge is 0.486 e. The fourth-order valence-corrected chi connectivity index (χ4v) is 2.74. The monoisotopic (exact) mass is 382 g/mol. The lowest BCUT2D eigenvalue weighted by Gasteiger charge is -2.19. The van der Waals surface area contributed by atoms with Crippen LogP contribution in [0.1, 0.15) is 11.1 Å². The molecule has 1 aliphatic rings. The van der Waals surface area contributed by atoms with Crippen molar-refractivity contribution < 1.29 is 22.6 Å². The zero-order chi connectivity index (χ0) is 18.6. The second-order valence-electron chi connectivity index (χ2n) is 5.69. The summed E-state index contributed by atoms with van der Waals surface area (Å²) in [6.45, 7) is 1.43. The van der Waals surface area contributed by atoms with Crippen LogP contribution in [-0.2, 0) is 12.6 Å². The average molecular weight is 382 g/mol. The van der Waals surface area contributed by atoms with Crippen LogP contribution >= 0.6 is 12.2 Å². The van der Waals surface area contributed by atoms with Crippen LogP contribution < -0.4 is 20.1 Å². The molecule has 0 amide bonds. The van der Waals surface area contributed by atoms with E-state index in [0.717, 1.165) is 17.8 Å². The molecule has 0 aliphatic carbocycles. The predicted molar refractivity (Wildman–Crippen MR) is 96.8 cm³/mol. The number of nitrogens with one attached hydrogen (secondary N) is 2. The molecule has 0 unspecified atom stereocenters. The molecule has 138 valence electrons. The summed E-state index contributed by atoms with van der Waals surface area (Å²) < 4.78 is 49.1. The second kappa shape index (κ2) is 7.82. The van der Waals surface area contributed by atoms with Crippen LogP contribution in [0.5, 0.6) is 11.5 Å². The first-order chi connectivity index (χ1) is 12.4. The van der Waals surface area contributed by atoms with Crippen molar-refractivity contribution in [3.8, 4) is 11.5 Å². The van der Waals surface area contributed by atoms with Gasteiger partial charge in [0.15, 0.2) is 16.6 Å². The molecular weight excluding hydrogens is 365 g/mol. The number of ether oxygens (including phenoxy) is 2. The molecule has 0 saturated heterocycles. The van der Waals surface area contributed by atoms with Crippen molar-refractivity contribution in [1.82, 2.24) is 5.32 Å². The maximum absolute atomic E-state index is 12.7. The summed E-state index contributed by atoms with van der Waals surface area (Å²) >= 11 is 5.22. The van der Waals surface area contributed by atoms with Crippen LogP contribution in [0, 0.1) is 0 Å². The second-order valence-corrected chi connectivity index (χ2v) is 6.10. The summed E-state index contributed by atoms with van der Waals surface area (Å²) in [4.78, 5) is 0. The minimum atomic E-state index is -4.33. The number of hydrogen-bond donors (Lipinski definition) is 2. The highest BCUT2D eigenvalue weighted by Gasteiger charge is 2.30. The van der Waals surface area contributed by atoms with Crippen molar-refractivity contribution in [3.63, 3.8) is 0 Å². The highest BCUT2D eigenvalue weighted by atomic mass is 32.1. The predicted octanol–water partition coefficient (Wildman–Crippen LogP) is 4.01. The number of rotatable bonds is 4. The minimum absolute atomic E-state index is 0.383. The van der Waals surface area contributed by atoms with Crippen molar-refractivity contribution in [2.75, 3.05) is 25.1 Å². The molecule has 0 aromatic heterocycles. The van der Waals surface area contributed by atoms with Gasteiger partial charge in [-0.2, -0.15) is 13.2 Å². The Bertz CT molecular complexity index is 796. The molecule has 8 heteroatoms. The standard InChI is InChI=1S/C18H17F3N2O2S/c19-18(20,21)13-3-1-2-12(10-13)6-7-22-17(26)23-14-4-5-15-16(11-14)25-9-8-24-15/h1-5,10-11H,6-9H2,(H2,22,23,26). The van der Waals surface area contributed by atoms with Gasteiger partial charge in [0.25, 0.3) is 0 Å². The lowest BCUT2D eigenvalue weighted by Crippen LogP contribution is -2.30. The fraction of sp³-hybridized carbons (Fsp3) is 0.278. The van der Waals surface area contributed by atoms with E-state index in [1.165, 1.54) is 6.07 Å². The van der Waals surface area contributed by atoms with E-state index in [1.807, 2.05) is 6.07 Å². The molecule has 0 radical (unpaired) electrons. The molecule has 2 aromatic carbocycles. The third-order valence-corrected chi connectivity index (χ3v) is 4.00. The molecular formula is C18H17F3N2O2S. The highest BCUT2D eigenvalue weighted by molar-refractivity contribution is 7.80. The summed E-state index contributed by atoms with van der Waals surface area (Å²) in [5, 5.41) is 6.39. The quantitative estimate of drug-likeness (QED) is 0.783. The first-order valence-electron chi connectivity index (χ1n) is 8.02. The van der Waals surface area contributed by atoms with Gasteiger partial charge in [0.05, 0.1) is 5.56 Å². The lowest BCUT2D eigenvalue weighted by molar-refractivity contribution is -0.137. The van der Waals surface area contributed by atoms with Crippen LogP contribution in [0.25, 0.3) is 0 Å². The van der Waals surface area contributed by atoms with Crippen LogP contribution in [-0.4, -0.2) is 24.9 Å². The normalized spacial score (nSPS) is 13.2. The van der Waals surface area contributed by atoms with Crippen LogP contribution in [0.2, 0.25) is 0 Å². The molecule has 2 aromatic rings. The van der Waals surface area contributed by atoms with Crippen LogP contribution in [0.15, 0.2) is 42.5 Å². The van der Waals surface area contributed by atoms with E-state index < -0.39 is 11.7 Å². The van der Waals surface area contributed by atoms with Crippen molar-refractivity contribution in [2.24, 2.45) is 0 Å². The molecule has 0 fully saturated rings. The van der Waals surface area contributed by atoms with Gasteiger partial charge in [0.1, 0.15) is 13.2 Å². The Morgan fingerprint density at radius 1 is 1.04 bits per heavy atom. The third kappa shape index (κ3) is 4.78. The van der Waals surface area contributed by atoms with Crippen LogP contribution in [0.3, 0.4) is 0 Å². The first kappa shape index (κ1) is 18.3. The van der Waals surface area contributed by atoms with Crippen molar-refractivity contribution in [2.45, 2.75) is 12.6 Å². The molecule has 0 atom stereocenters. The molecule has 1 aliphatic heterocycles. The van der Waals surface area contributed by atoms with Crippen molar-refractivity contribution >= 4 is 23.0 Å². The lowest BCUT2D eigenvalue weighted by atomic mass is 10.1. The summed E-state index contributed by atoms with van der Waals surface area (Å²) in [6.07, 6.45) is -3.91. The van der Waals surface area contributed by atoms with Gasteiger partial charge < -0.3 is 20.1 Å². The molecule has 1 heterocycles. The van der Waals surface area contributed by atoms with Gasteiger partial charge >= 0.3 is 6.18 Å². The Morgan fingerprint density at radius 3 is 2.58 bits per heavy atom. The van der Waals surface area contributed by atoms with E-state index in [9.17, 15) is 13.2 Å². The van der Waals surface area contributed by atoms with Gasteiger partial charge in [0, 0.05) is 18.3 Å². The topological polar surface area (TPSA) is 42.5 Å². The van der Waals surface area contributed by atoms with Gasteiger partial charge in [-0.05, 0) is 42.4 Å². The Hall–Kier alpha value is -2.48. The molecule has 3 rings (SSSR count). The van der Waals surface area contributed by atoms with E-state index in [0.29, 0.717) is 48.4 Å². The first-order valence-corrected chi connectivity index (χ1v) is 8.43. The van der Waals surface area contributed by atoms with Gasteiger partial charge in [0.2, 0.25) is 0 Å². The molecule has 0 spiro atoms. The smallest absolute Gasteiger partial charge is 0.416 e. The summed E-state index contributed by atoms with van der Waals surface area (Å²) in [5.74, 6) is 1.33. The number of hydrogen-bond acceptors (Lipinski definition) is 3. The van der Waals surface area contributed by atoms with Crippen LogP contribution in [0.4, 0.5) is 18.9 Å². The summed E-state index contributed by atoms with van der Waals surface area (Å²) in [5.41, 5.74) is 0.687. The maximum Gasteiger partial charge on any atom is 0.416 e. The number of thiocarbonyl (C=S) groups is 1. The van der Waals surface area contributed by atoms with Gasteiger partial charge in [-0.15, -0.1) is 0 Å². The van der Waals surface area contributed by atoms with Gasteiger partial charge in [-0.1, -0.05) is 18.2 Å². The van der Waals surface area contributed by atoms with Gasteiger partial charge in [-0.25, -0.2) is 0 Å². The molecule has 4 nitrogen and oxygen atoms in total. The maximum atomic E-state index is 12.7. The molecule has 0 saturated carbocycles. The minimum Gasteiger partial charge on any atom is -0.486 e. The SMILES string of the molecule is FC(F)(F)c1cccc(CCNC(=S)Nc2ccc3c(c2)OCCO3)c1. The Kier molecular flexibility index (Phi) is 5.51. The number of benzene rings is 2. The molecule has 26 heavy (non-hydrogen) atoms. The fourth-order valence-electron chi connectivity index (χ4n) is 2.52. The van der Waals surface area contributed by atoms with E-state index >= 15 is 0 Å². The Labute approximate surface area is 154 Å². The summed E-state index contributed by atoms with van der Waals surface area (Å²) in [7, 11) is 0. The Balaban J connectivity index is 1.50. The molecule has 0 bridgehead atoms. The van der Waals surface area contributed by atoms with Crippen molar-refractivity contribution in [3.05, 3.63) is 53.6 Å². The Morgan fingerprint density at radius 2 is 1.81 bits per heavy atom. The third-order valence-electron chi connectivity index (χ3n) is 3.75. The average Bonchev–Trinajstić information content (AvgIpc) is 2.61. The number of anilines is 1. The number of fused-ring (bicyclic) bond motifs is 1. The van der Waals surface area contributed by atoms with Crippen molar-refractivity contribution in [1.29, 1.82) is 0 Å². The molecule has 2 N–H and O–H groups in total. The zero-order valence-corrected chi connectivity index (χ0v) is 14.5. The van der Waals surface area contributed by atoms with E-state index in [1.54, 1.807) is 18.2 Å². The highest BCUT2D eigenvalue weighted by Crippen LogP contribution is 2.32. The van der Waals surface area contributed by atoms with E-state index in [4.69, 9.17) is 21.7 Å². The van der Waals surface area contributed by atoms with E-state index in [2.05, 4.69) is 10.6 Å². The van der Waals surface area contributed by atoms with E-state index in [-0.39, 0.29) is 0 Å².